The lowest BCUT2D eigenvalue weighted by Crippen LogP contribution is -2.19. The molecule has 0 saturated heterocycles. The molecule has 0 aliphatic carbocycles. The number of aromatic nitrogens is 1. The number of hydrogen-bond donors (Lipinski definition) is 2. The number of amides is 2. The lowest BCUT2D eigenvalue weighted by molar-refractivity contribution is -0.136. The van der Waals surface area contributed by atoms with E-state index in [0.717, 1.165) is 12.1 Å². The van der Waals surface area contributed by atoms with Crippen molar-refractivity contribution < 1.29 is 31.6 Å². The number of carbonyl (C=O) groups excluding carboxylic acids is 2. The number of halogens is 3. The van der Waals surface area contributed by atoms with E-state index < -0.39 is 29.2 Å². The minimum Gasteiger partial charge on any atom is -0.459 e. The molecule has 4 rings (SSSR count). The maximum absolute atomic E-state index is 13.6. The van der Waals surface area contributed by atoms with Crippen molar-refractivity contribution in [3.05, 3.63) is 90.2 Å². The van der Waals surface area contributed by atoms with Crippen molar-refractivity contribution in [3.63, 3.8) is 0 Å². The lowest BCUT2D eigenvalue weighted by atomic mass is 10.1. The predicted molar refractivity (Wildman–Crippen MR) is 112 cm³/mol. The third-order valence-corrected chi connectivity index (χ3v) is 4.52. The summed E-state index contributed by atoms with van der Waals surface area (Å²) in [7, 11) is 0. The second-order valence-corrected chi connectivity index (χ2v) is 6.92. The Morgan fingerprint density at radius 3 is 2.42 bits per heavy atom. The summed E-state index contributed by atoms with van der Waals surface area (Å²) in [5.41, 5.74) is -0.697. The molecule has 33 heavy (non-hydrogen) atoms. The van der Waals surface area contributed by atoms with Gasteiger partial charge < -0.3 is 19.5 Å². The molecule has 7 nitrogen and oxygen atoms in total. The topological polar surface area (TPSA) is 97.4 Å². The highest BCUT2D eigenvalue weighted by atomic mass is 19.4. The molecule has 2 aromatic heterocycles. The zero-order chi connectivity index (χ0) is 23.4. The Morgan fingerprint density at radius 2 is 1.73 bits per heavy atom. The molecule has 0 spiro atoms. The highest BCUT2D eigenvalue weighted by Gasteiger charge is 2.34. The SMILES string of the molecule is O=C(Cc1coc(-c2ccccc2)n1)Nc1ccc(NC(=O)c2ccco2)cc1C(F)(F)F. The average molecular weight is 455 g/mol. The molecule has 2 aromatic carbocycles. The summed E-state index contributed by atoms with van der Waals surface area (Å²) in [6.45, 7) is 0. The Kier molecular flexibility index (Phi) is 5.99. The maximum atomic E-state index is 13.6. The van der Waals surface area contributed by atoms with E-state index in [1.165, 1.54) is 30.7 Å². The van der Waals surface area contributed by atoms with Gasteiger partial charge in [-0.25, -0.2) is 4.98 Å². The molecule has 10 heteroatoms. The molecule has 0 fully saturated rings. The van der Waals surface area contributed by atoms with Crippen LogP contribution in [0.5, 0.6) is 0 Å². The van der Waals surface area contributed by atoms with E-state index in [2.05, 4.69) is 15.6 Å². The fourth-order valence-corrected chi connectivity index (χ4v) is 3.03. The summed E-state index contributed by atoms with van der Waals surface area (Å²) >= 11 is 0. The van der Waals surface area contributed by atoms with Gasteiger partial charge in [0.05, 0.1) is 29.6 Å². The summed E-state index contributed by atoms with van der Waals surface area (Å²) in [6, 6.07) is 14.9. The van der Waals surface area contributed by atoms with Crippen LogP contribution in [-0.2, 0) is 17.4 Å². The molecule has 168 valence electrons. The van der Waals surface area contributed by atoms with Crippen molar-refractivity contribution in [1.82, 2.24) is 4.98 Å². The molecule has 0 aliphatic heterocycles. The number of oxazole rings is 1. The van der Waals surface area contributed by atoms with E-state index in [-0.39, 0.29) is 23.6 Å². The van der Waals surface area contributed by atoms with Crippen molar-refractivity contribution in [3.8, 4) is 11.5 Å². The van der Waals surface area contributed by atoms with Gasteiger partial charge in [-0.2, -0.15) is 13.2 Å². The van der Waals surface area contributed by atoms with E-state index in [0.29, 0.717) is 11.5 Å². The van der Waals surface area contributed by atoms with Gasteiger partial charge in [-0.15, -0.1) is 0 Å². The predicted octanol–water partition coefficient (Wildman–Crippen LogP) is 5.39. The van der Waals surface area contributed by atoms with Crippen LogP contribution in [0.3, 0.4) is 0 Å². The molecule has 0 radical (unpaired) electrons. The van der Waals surface area contributed by atoms with E-state index >= 15 is 0 Å². The second kappa shape index (κ2) is 9.03. The van der Waals surface area contributed by atoms with Crippen LogP contribution in [0, 0.1) is 0 Å². The largest absolute Gasteiger partial charge is 0.459 e. The Labute approximate surface area is 185 Å². The minimum absolute atomic E-state index is 0.0524. The number of hydrogen-bond acceptors (Lipinski definition) is 5. The van der Waals surface area contributed by atoms with Gasteiger partial charge in [-0.3, -0.25) is 9.59 Å². The van der Waals surface area contributed by atoms with Crippen molar-refractivity contribution >= 4 is 23.2 Å². The van der Waals surface area contributed by atoms with Crippen molar-refractivity contribution in [2.24, 2.45) is 0 Å². The first-order valence-electron chi connectivity index (χ1n) is 9.65. The number of benzene rings is 2. The summed E-state index contributed by atoms with van der Waals surface area (Å²) in [6.07, 6.45) is -2.51. The fourth-order valence-electron chi connectivity index (χ4n) is 3.03. The van der Waals surface area contributed by atoms with E-state index in [1.807, 2.05) is 6.07 Å². The molecule has 0 aliphatic rings. The molecule has 0 saturated carbocycles. The maximum Gasteiger partial charge on any atom is 0.418 e. The van der Waals surface area contributed by atoms with Crippen LogP contribution in [-0.4, -0.2) is 16.8 Å². The molecule has 0 unspecified atom stereocenters. The standard InChI is InChI=1S/C23H16F3N3O4/c24-23(25,26)17-11-15(27-21(31)19-7-4-10-32-19)8-9-18(17)29-20(30)12-16-13-33-22(28-16)14-5-2-1-3-6-14/h1-11,13H,12H2,(H,27,31)(H,29,30). The summed E-state index contributed by atoms with van der Waals surface area (Å²) in [5, 5.41) is 4.58. The molecule has 2 amide bonds. The third-order valence-electron chi connectivity index (χ3n) is 4.52. The Morgan fingerprint density at radius 1 is 0.939 bits per heavy atom. The van der Waals surface area contributed by atoms with Gasteiger partial charge in [0.2, 0.25) is 11.8 Å². The van der Waals surface area contributed by atoms with Gasteiger partial charge in [-0.05, 0) is 42.5 Å². The van der Waals surface area contributed by atoms with Gasteiger partial charge in [0.25, 0.3) is 5.91 Å². The van der Waals surface area contributed by atoms with Crippen molar-refractivity contribution in [1.29, 1.82) is 0 Å². The van der Waals surface area contributed by atoms with Crippen LogP contribution in [0.25, 0.3) is 11.5 Å². The molecule has 0 atom stereocenters. The number of furan rings is 1. The van der Waals surface area contributed by atoms with Crippen LogP contribution in [0.15, 0.2) is 82.0 Å². The van der Waals surface area contributed by atoms with Crippen LogP contribution in [0.1, 0.15) is 21.8 Å². The normalized spacial score (nSPS) is 11.2. The van der Waals surface area contributed by atoms with Crippen LogP contribution < -0.4 is 10.6 Å². The molecule has 2 N–H and O–H groups in total. The zero-order valence-electron chi connectivity index (χ0n) is 16.8. The smallest absolute Gasteiger partial charge is 0.418 e. The van der Waals surface area contributed by atoms with Crippen molar-refractivity contribution in [2.75, 3.05) is 10.6 Å². The first kappa shape index (κ1) is 21.9. The lowest BCUT2D eigenvalue weighted by Gasteiger charge is -2.15. The molecular weight excluding hydrogens is 439 g/mol. The molecular formula is C23H16F3N3O4. The van der Waals surface area contributed by atoms with Crippen LogP contribution in [0.2, 0.25) is 0 Å². The van der Waals surface area contributed by atoms with Crippen LogP contribution in [0.4, 0.5) is 24.5 Å². The number of nitrogens with one attached hydrogen (secondary N) is 2. The summed E-state index contributed by atoms with van der Waals surface area (Å²) in [4.78, 5) is 28.6. The number of nitrogens with zero attached hydrogens (tertiary/aromatic N) is 1. The van der Waals surface area contributed by atoms with Gasteiger partial charge in [0, 0.05) is 11.3 Å². The molecule has 0 bridgehead atoms. The van der Waals surface area contributed by atoms with E-state index in [9.17, 15) is 22.8 Å². The van der Waals surface area contributed by atoms with E-state index in [1.54, 1.807) is 24.3 Å². The summed E-state index contributed by atoms with van der Waals surface area (Å²) in [5.74, 6) is -1.17. The van der Waals surface area contributed by atoms with Gasteiger partial charge in [0.15, 0.2) is 5.76 Å². The van der Waals surface area contributed by atoms with Crippen molar-refractivity contribution in [2.45, 2.75) is 12.6 Å². The average Bonchev–Trinajstić information content (AvgIpc) is 3.47. The Hall–Kier alpha value is -4.34. The van der Waals surface area contributed by atoms with Gasteiger partial charge in [-0.1, -0.05) is 18.2 Å². The first-order chi connectivity index (χ1) is 15.8. The quantitative estimate of drug-likeness (QED) is 0.407. The highest BCUT2D eigenvalue weighted by Crippen LogP contribution is 2.36. The fraction of sp³-hybridized carbons (Fsp3) is 0.0870. The molecule has 2 heterocycles. The Balaban J connectivity index is 1.48. The van der Waals surface area contributed by atoms with Gasteiger partial charge in [0.1, 0.15) is 6.26 Å². The van der Waals surface area contributed by atoms with Gasteiger partial charge >= 0.3 is 6.18 Å². The second-order valence-electron chi connectivity index (χ2n) is 6.92. The molecule has 4 aromatic rings. The Bertz CT molecular complexity index is 1270. The minimum atomic E-state index is -4.78. The first-order valence-corrected chi connectivity index (χ1v) is 9.65. The number of carbonyl (C=O) groups is 2. The summed E-state index contributed by atoms with van der Waals surface area (Å²) < 4.78 is 51.1. The number of rotatable bonds is 6. The highest BCUT2D eigenvalue weighted by molar-refractivity contribution is 6.02. The third kappa shape index (κ3) is 5.29. The van der Waals surface area contributed by atoms with Crippen LogP contribution >= 0.6 is 0 Å². The number of anilines is 2. The number of alkyl halides is 3. The monoisotopic (exact) mass is 455 g/mol. The zero-order valence-corrected chi connectivity index (χ0v) is 16.8. The van der Waals surface area contributed by atoms with E-state index in [4.69, 9.17) is 8.83 Å².